The van der Waals surface area contributed by atoms with Crippen LogP contribution in [-0.2, 0) is 0 Å². The van der Waals surface area contributed by atoms with Crippen LogP contribution in [0.15, 0.2) is 209 Å². The molecule has 12 rings (SSSR count). The molecule has 0 aliphatic heterocycles. The molecule has 0 unspecified atom stereocenters. The molecule has 0 spiro atoms. The lowest BCUT2D eigenvalue weighted by Crippen LogP contribution is -2.13. The zero-order chi connectivity index (χ0) is 38.2. The molecule has 58 heavy (non-hydrogen) atoms. The van der Waals surface area contributed by atoms with Crippen molar-refractivity contribution in [1.29, 1.82) is 0 Å². The number of furan rings is 2. The fraction of sp³-hybridized carbons (Fsp3) is 0. The second-order valence-electron chi connectivity index (χ2n) is 14.7. The quantitative estimate of drug-likeness (QED) is 0.169. The van der Waals surface area contributed by atoms with Gasteiger partial charge in [0.25, 0.3) is 0 Å². The maximum Gasteiger partial charge on any atom is 0.145 e. The lowest BCUT2D eigenvalue weighted by Gasteiger charge is -2.30. The maximum atomic E-state index is 6.92. The molecular formula is C54H33NO2S. The van der Waals surface area contributed by atoms with Gasteiger partial charge in [-0.1, -0.05) is 158 Å². The van der Waals surface area contributed by atoms with Crippen LogP contribution >= 0.6 is 11.3 Å². The van der Waals surface area contributed by atoms with E-state index in [1.165, 1.54) is 31.3 Å². The number of para-hydroxylation sites is 2. The Morgan fingerprint density at radius 1 is 0.345 bits per heavy atom. The van der Waals surface area contributed by atoms with E-state index in [-0.39, 0.29) is 0 Å². The summed E-state index contributed by atoms with van der Waals surface area (Å²) in [6.45, 7) is 0. The van der Waals surface area contributed by atoms with Crippen LogP contribution in [0.4, 0.5) is 17.1 Å². The van der Waals surface area contributed by atoms with Gasteiger partial charge in [-0.05, 0) is 64.7 Å². The predicted octanol–water partition coefficient (Wildman–Crippen LogP) is 16.3. The van der Waals surface area contributed by atoms with Gasteiger partial charge in [0.15, 0.2) is 0 Å². The standard InChI is InChI=1S/C54H33NO2S/c1-4-16-34(17-5-1)37-31-33-48-51(42-25-14-24-39(54(42)58-48)36-20-8-3-9-21-36)52(37)55(43-26-15-29-47-49(43)40-22-10-12-27-45(40)56-47)44-32-30-38(35-18-6-2-7-19-35)53-50(44)41-23-11-13-28-46(41)57-53/h1-33H. The van der Waals surface area contributed by atoms with E-state index in [0.717, 1.165) is 83.2 Å². The SMILES string of the molecule is c1ccc(-c2ccc3sc4c(-c5ccccc5)cccc4c3c2N(c2cccc3oc4ccccc4c23)c2ccc(-c3ccccc3)c3oc4ccccc4c23)cc1. The number of anilines is 3. The summed E-state index contributed by atoms with van der Waals surface area (Å²) in [6, 6.07) is 71.3. The smallest absolute Gasteiger partial charge is 0.145 e. The second-order valence-corrected chi connectivity index (χ2v) is 15.8. The van der Waals surface area contributed by atoms with Crippen molar-refractivity contribution in [3.05, 3.63) is 200 Å². The number of nitrogens with zero attached hydrogens (tertiary/aromatic N) is 1. The molecule has 0 N–H and O–H groups in total. The lowest BCUT2D eigenvalue weighted by atomic mass is 9.95. The zero-order valence-electron chi connectivity index (χ0n) is 31.2. The highest BCUT2D eigenvalue weighted by atomic mass is 32.1. The summed E-state index contributed by atoms with van der Waals surface area (Å²) in [5.41, 5.74) is 13.5. The normalized spacial score (nSPS) is 11.8. The predicted molar refractivity (Wildman–Crippen MR) is 245 cm³/mol. The van der Waals surface area contributed by atoms with Gasteiger partial charge in [-0.15, -0.1) is 11.3 Å². The fourth-order valence-corrected chi connectivity index (χ4v) is 10.2. The largest absolute Gasteiger partial charge is 0.456 e. The van der Waals surface area contributed by atoms with Gasteiger partial charge in [-0.3, -0.25) is 0 Å². The molecule has 0 atom stereocenters. The highest BCUT2D eigenvalue weighted by molar-refractivity contribution is 7.26. The summed E-state index contributed by atoms with van der Waals surface area (Å²) in [4.78, 5) is 2.51. The third-order valence-corrected chi connectivity index (χ3v) is 12.7. The summed E-state index contributed by atoms with van der Waals surface area (Å²) < 4.78 is 16.0. The minimum atomic E-state index is 0.841. The topological polar surface area (TPSA) is 29.5 Å². The van der Waals surface area contributed by atoms with Gasteiger partial charge in [0.05, 0.1) is 27.8 Å². The molecule has 3 heterocycles. The molecule has 0 saturated heterocycles. The number of fused-ring (bicyclic) bond motifs is 9. The van der Waals surface area contributed by atoms with E-state index in [2.05, 4.69) is 199 Å². The average molecular weight is 760 g/mol. The minimum absolute atomic E-state index is 0.841. The molecule has 9 aromatic carbocycles. The lowest BCUT2D eigenvalue weighted by molar-refractivity contribution is 0.669. The van der Waals surface area contributed by atoms with E-state index < -0.39 is 0 Å². The van der Waals surface area contributed by atoms with E-state index in [1.807, 2.05) is 17.4 Å². The fourth-order valence-electron chi connectivity index (χ4n) is 8.95. The summed E-state index contributed by atoms with van der Waals surface area (Å²) >= 11 is 1.86. The van der Waals surface area contributed by atoms with Crippen molar-refractivity contribution in [1.82, 2.24) is 0 Å². The number of hydrogen-bond acceptors (Lipinski definition) is 4. The molecule has 4 heteroatoms. The Bertz CT molecular complexity index is 3510. The summed E-state index contributed by atoms with van der Waals surface area (Å²) in [6.07, 6.45) is 0. The molecule has 0 amide bonds. The molecule has 0 fully saturated rings. The molecule has 3 nitrogen and oxygen atoms in total. The average Bonchev–Trinajstić information content (AvgIpc) is 4.00. The summed E-state index contributed by atoms with van der Waals surface area (Å²) in [5.74, 6) is 0. The van der Waals surface area contributed by atoms with Crippen LogP contribution in [0, 0.1) is 0 Å². The van der Waals surface area contributed by atoms with Gasteiger partial charge >= 0.3 is 0 Å². The van der Waals surface area contributed by atoms with Crippen molar-refractivity contribution in [3.8, 4) is 33.4 Å². The highest BCUT2D eigenvalue weighted by Gasteiger charge is 2.29. The van der Waals surface area contributed by atoms with Gasteiger partial charge in [0, 0.05) is 42.1 Å². The number of hydrogen-bond donors (Lipinski definition) is 0. The third-order valence-electron chi connectivity index (χ3n) is 11.5. The van der Waals surface area contributed by atoms with Crippen molar-refractivity contribution in [3.63, 3.8) is 0 Å². The molecule has 0 aliphatic carbocycles. The Hall–Kier alpha value is -7.40. The van der Waals surface area contributed by atoms with Crippen molar-refractivity contribution in [2.45, 2.75) is 0 Å². The van der Waals surface area contributed by atoms with Crippen LogP contribution in [-0.4, -0.2) is 0 Å². The molecule has 3 aromatic heterocycles. The van der Waals surface area contributed by atoms with Crippen LogP contribution in [0.1, 0.15) is 0 Å². The second kappa shape index (κ2) is 13.1. The molecule has 0 radical (unpaired) electrons. The van der Waals surface area contributed by atoms with Crippen molar-refractivity contribution in [2.24, 2.45) is 0 Å². The Morgan fingerprint density at radius 2 is 0.879 bits per heavy atom. The van der Waals surface area contributed by atoms with Gasteiger partial charge in [-0.2, -0.15) is 0 Å². The Kier molecular flexibility index (Phi) is 7.40. The minimum Gasteiger partial charge on any atom is -0.456 e. The number of benzene rings is 9. The van der Waals surface area contributed by atoms with Crippen LogP contribution in [0.5, 0.6) is 0 Å². The molecule has 0 aliphatic rings. The highest BCUT2D eigenvalue weighted by Crippen LogP contribution is 2.55. The van der Waals surface area contributed by atoms with Crippen molar-refractivity contribution in [2.75, 3.05) is 4.90 Å². The monoisotopic (exact) mass is 759 g/mol. The number of thiophene rings is 1. The van der Waals surface area contributed by atoms with Gasteiger partial charge in [0.1, 0.15) is 22.3 Å². The molecule has 272 valence electrons. The van der Waals surface area contributed by atoms with Crippen molar-refractivity contribution < 1.29 is 8.83 Å². The molecule has 12 aromatic rings. The van der Waals surface area contributed by atoms with Gasteiger partial charge in [-0.25, -0.2) is 0 Å². The Labute approximate surface area is 338 Å². The summed E-state index contributed by atoms with van der Waals surface area (Å²) in [5, 5.41) is 6.68. The Balaban J connectivity index is 1.29. The zero-order valence-corrected chi connectivity index (χ0v) is 32.0. The van der Waals surface area contributed by atoms with Gasteiger partial charge in [0.2, 0.25) is 0 Å². The number of rotatable bonds is 6. The van der Waals surface area contributed by atoms with Crippen LogP contribution in [0.3, 0.4) is 0 Å². The van der Waals surface area contributed by atoms with Crippen molar-refractivity contribution >= 4 is 92.4 Å². The first-order valence-electron chi connectivity index (χ1n) is 19.6. The Morgan fingerprint density at radius 3 is 1.60 bits per heavy atom. The van der Waals surface area contributed by atoms with E-state index >= 15 is 0 Å². The summed E-state index contributed by atoms with van der Waals surface area (Å²) in [7, 11) is 0. The molecule has 0 bridgehead atoms. The first-order chi connectivity index (χ1) is 28.8. The van der Waals surface area contributed by atoms with E-state index in [1.54, 1.807) is 0 Å². The van der Waals surface area contributed by atoms with E-state index in [0.29, 0.717) is 0 Å². The first-order valence-corrected chi connectivity index (χ1v) is 20.4. The molecular weight excluding hydrogens is 727 g/mol. The van der Waals surface area contributed by atoms with E-state index in [4.69, 9.17) is 8.83 Å². The van der Waals surface area contributed by atoms with Gasteiger partial charge < -0.3 is 13.7 Å². The van der Waals surface area contributed by atoms with E-state index in [9.17, 15) is 0 Å². The third kappa shape index (κ3) is 4.99. The van der Waals surface area contributed by atoms with Crippen LogP contribution < -0.4 is 4.90 Å². The van der Waals surface area contributed by atoms with Crippen LogP contribution in [0.2, 0.25) is 0 Å². The first kappa shape index (κ1) is 32.8. The van der Waals surface area contributed by atoms with Crippen LogP contribution in [0.25, 0.3) is 97.4 Å². The maximum absolute atomic E-state index is 6.92. The molecule has 0 saturated carbocycles.